The summed E-state index contributed by atoms with van der Waals surface area (Å²) in [5, 5.41) is 12.9. The van der Waals surface area contributed by atoms with Gasteiger partial charge in [0, 0.05) is 16.6 Å². The molecular formula is C20H24BrN5O3. The van der Waals surface area contributed by atoms with Gasteiger partial charge in [0.15, 0.2) is 5.65 Å². The minimum atomic E-state index is -0.241. The molecule has 2 aromatic heterocycles. The molecule has 4 rings (SSSR count). The fraction of sp³-hybridized carbons (Fsp3) is 0.450. The fourth-order valence-corrected chi connectivity index (χ4v) is 4.21. The minimum absolute atomic E-state index is 0.164. The van der Waals surface area contributed by atoms with Crippen LogP contribution in [0.3, 0.4) is 0 Å². The van der Waals surface area contributed by atoms with Crippen LogP contribution in [0.5, 0.6) is 5.75 Å². The molecule has 0 unspecified atom stereocenters. The van der Waals surface area contributed by atoms with E-state index in [0.29, 0.717) is 35.3 Å². The van der Waals surface area contributed by atoms with Gasteiger partial charge in [-0.3, -0.25) is 4.57 Å². The van der Waals surface area contributed by atoms with E-state index in [1.165, 1.54) is 0 Å². The second kappa shape index (κ2) is 8.54. The molecule has 0 bridgehead atoms. The topological polar surface area (TPSA) is 105 Å². The van der Waals surface area contributed by atoms with Crippen molar-refractivity contribution in [3.05, 3.63) is 44.9 Å². The standard InChI is InChI=1S/C20H24BrN5O3/c1-29-17-7-4-14(21)8-13(17)11-26-18-16(24-20(26)28)10-23-19(25-18)22-9-12-2-5-15(27)6-3-12/h4,7-8,10,12,15,27H,2-3,5-6,9,11H2,1H3,(H,24,28)(H,22,23,25). The maximum Gasteiger partial charge on any atom is 0.328 e. The number of nitrogens with zero attached hydrogens (tertiary/aromatic N) is 3. The zero-order valence-electron chi connectivity index (χ0n) is 16.2. The van der Waals surface area contributed by atoms with Gasteiger partial charge in [0.25, 0.3) is 0 Å². The zero-order valence-corrected chi connectivity index (χ0v) is 17.8. The van der Waals surface area contributed by atoms with E-state index in [2.05, 4.69) is 36.2 Å². The van der Waals surface area contributed by atoms with Crippen molar-refractivity contribution in [1.82, 2.24) is 19.5 Å². The Morgan fingerprint density at radius 1 is 1.34 bits per heavy atom. The van der Waals surface area contributed by atoms with Gasteiger partial charge in [-0.05, 0) is 49.8 Å². The number of aliphatic hydroxyl groups is 1. The molecule has 29 heavy (non-hydrogen) atoms. The molecule has 2 heterocycles. The van der Waals surface area contributed by atoms with Crippen LogP contribution < -0.4 is 15.7 Å². The first-order chi connectivity index (χ1) is 14.0. The number of hydrogen-bond donors (Lipinski definition) is 3. The predicted molar refractivity (Wildman–Crippen MR) is 114 cm³/mol. The molecule has 3 aromatic rings. The van der Waals surface area contributed by atoms with Gasteiger partial charge in [-0.25, -0.2) is 9.78 Å². The van der Waals surface area contributed by atoms with Crippen molar-refractivity contribution in [2.75, 3.05) is 19.0 Å². The molecule has 1 aromatic carbocycles. The summed E-state index contributed by atoms with van der Waals surface area (Å²) in [7, 11) is 1.61. The van der Waals surface area contributed by atoms with Gasteiger partial charge in [-0.2, -0.15) is 4.98 Å². The van der Waals surface area contributed by atoms with Gasteiger partial charge in [-0.15, -0.1) is 0 Å². The van der Waals surface area contributed by atoms with Crippen molar-refractivity contribution in [1.29, 1.82) is 0 Å². The monoisotopic (exact) mass is 461 g/mol. The van der Waals surface area contributed by atoms with Crippen LogP contribution in [0.4, 0.5) is 5.95 Å². The Balaban J connectivity index is 1.57. The third kappa shape index (κ3) is 4.45. The van der Waals surface area contributed by atoms with E-state index < -0.39 is 0 Å². The number of aliphatic hydroxyl groups excluding tert-OH is 1. The van der Waals surface area contributed by atoms with E-state index in [9.17, 15) is 9.90 Å². The lowest BCUT2D eigenvalue weighted by molar-refractivity contribution is 0.111. The molecule has 8 nitrogen and oxygen atoms in total. The summed E-state index contributed by atoms with van der Waals surface area (Å²) in [6.07, 6.45) is 5.15. The van der Waals surface area contributed by atoms with Gasteiger partial charge in [0.05, 0.1) is 26.0 Å². The quantitative estimate of drug-likeness (QED) is 0.521. The van der Waals surface area contributed by atoms with Gasteiger partial charge >= 0.3 is 5.69 Å². The SMILES string of the molecule is COc1ccc(Br)cc1Cn1c(=O)[nH]c2cnc(NCC3CCC(O)CC3)nc21. The highest BCUT2D eigenvalue weighted by atomic mass is 79.9. The number of H-pyrrole nitrogens is 1. The number of rotatable bonds is 6. The summed E-state index contributed by atoms with van der Waals surface area (Å²) < 4.78 is 7.93. The highest BCUT2D eigenvalue weighted by Gasteiger charge is 2.19. The summed E-state index contributed by atoms with van der Waals surface area (Å²) >= 11 is 3.47. The molecule has 1 aliphatic carbocycles. The summed E-state index contributed by atoms with van der Waals surface area (Å²) in [4.78, 5) is 24.2. The van der Waals surface area contributed by atoms with Crippen molar-refractivity contribution in [2.45, 2.75) is 38.3 Å². The maximum absolute atomic E-state index is 12.5. The van der Waals surface area contributed by atoms with Crippen LogP contribution in [-0.2, 0) is 6.54 Å². The zero-order chi connectivity index (χ0) is 20.4. The normalized spacial score (nSPS) is 19.4. The van der Waals surface area contributed by atoms with E-state index in [1.54, 1.807) is 17.9 Å². The Bertz CT molecular complexity index is 1060. The van der Waals surface area contributed by atoms with Crippen LogP contribution >= 0.6 is 15.9 Å². The molecule has 0 radical (unpaired) electrons. The third-order valence-electron chi connectivity index (χ3n) is 5.45. The third-order valence-corrected chi connectivity index (χ3v) is 5.94. The molecule has 3 N–H and O–H groups in total. The molecule has 1 aliphatic rings. The number of anilines is 1. The van der Waals surface area contributed by atoms with Gasteiger partial charge in [-0.1, -0.05) is 15.9 Å². The summed E-state index contributed by atoms with van der Waals surface area (Å²) in [6, 6.07) is 5.69. The number of ether oxygens (including phenoxy) is 1. The molecule has 0 atom stereocenters. The van der Waals surface area contributed by atoms with Crippen molar-refractivity contribution in [3.8, 4) is 5.75 Å². The first-order valence-corrected chi connectivity index (χ1v) is 10.5. The number of nitrogens with one attached hydrogen (secondary N) is 2. The molecule has 154 valence electrons. The van der Waals surface area contributed by atoms with Crippen LogP contribution in [-0.4, -0.2) is 44.4 Å². The smallest absolute Gasteiger partial charge is 0.328 e. The molecule has 1 saturated carbocycles. The second-order valence-corrected chi connectivity index (χ2v) is 8.37. The van der Waals surface area contributed by atoms with E-state index >= 15 is 0 Å². The lowest BCUT2D eigenvalue weighted by atomic mass is 9.87. The van der Waals surface area contributed by atoms with Gasteiger partial charge < -0.3 is 20.1 Å². The number of halogens is 1. The minimum Gasteiger partial charge on any atom is -0.496 e. The summed E-state index contributed by atoms with van der Waals surface area (Å²) in [6.45, 7) is 1.09. The highest BCUT2D eigenvalue weighted by molar-refractivity contribution is 9.10. The summed E-state index contributed by atoms with van der Waals surface area (Å²) in [5.41, 5.74) is 1.78. The molecule has 0 saturated heterocycles. The molecule has 9 heteroatoms. The first kappa shape index (κ1) is 19.9. The van der Waals surface area contributed by atoms with Crippen molar-refractivity contribution >= 4 is 33.0 Å². The number of fused-ring (bicyclic) bond motifs is 1. The number of imidazole rings is 1. The number of methoxy groups -OCH3 is 1. The lowest BCUT2D eigenvalue weighted by Crippen LogP contribution is -2.24. The Morgan fingerprint density at radius 2 is 2.14 bits per heavy atom. The van der Waals surface area contributed by atoms with Crippen molar-refractivity contribution in [3.63, 3.8) is 0 Å². The van der Waals surface area contributed by atoms with Crippen LogP contribution in [0, 0.1) is 5.92 Å². The number of benzene rings is 1. The number of hydrogen-bond acceptors (Lipinski definition) is 6. The Hall–Kier alpha value is -2.39. The van der Waals surface area contributed by atoms with Crippen LogP contribution in [0.25, 0.3) is 11.2 Å². The molecule has 0 amide bonds. The van der Waals surface area contributed by atoms with E-state index in [-0.39, 0.29) is 11.8 Å². The average Bonchev–Trinajstić information content (AvgIpc) is 3.02. The van der Waals surface area contributed by atoms with E-state index in [0.717, 1.165) is 42.3 Å². The summed E-state index contributed by atoms with van der Waals surface area (Å²) in [5.74, 6) is 1.70. The van der Waals surface area contributed by atoms with Crippen molar-refractivity contribution in [2.24, 2.45) is 5.92 Å². The van der Waals surface area contributed by atoms with Crippen LogP contribution in [0.1, 0.15) is 31.2 Å². The van der Waals surface area contributed by atoms with Gasteiger partial charge in [0.1, 0.15) is 11.3 Å². The average molecular weight is 462 g/mol. The predicted octanol–water partition coefficient (Wildman–Crippen LogP) is 2.90. The largest absolute Gasteiger partial charge is 0.496 e. The van der Waals surface area contributed by atoms with Crippen molar-refractivity contribution < 1.29 is 9.84 Å². The molecular weight excluding hydrogens is 438 g/mol. The number of aromatic nitrogens is 4. The van der Waals surface area contributed by atoms with Crippen LogP contribution in [0.15, 0.2) is 33.7 Å². The maximum atomic E-state index is 12.5. The Labute approximate surface area is 176 Å². The van der Waals surface area contributed by atoms with E-state index in [4.69, 9.17) is 4.74 Å². The van der Waals surface area contributed by atoms with E-state index in [1.807, 2.05) is 18.2 Å². The van der Waals surface area contributed by atoms with Crippen LogP contribution in [0.2, 0.25) is 0 Å². The molecule has 1 fully saturated rings. The Kier molecular flexibility index (Phi) is 5.86. The van der Waals surface area contributed by atoms with Gasteiger partial charge in [0.2, 0.25) is 5.95 Å². The Morgan fingerprint density at radius 3 is 2.90 bits per heavy atom. The number of aromatic amines is 1. The highest BCUT2D eigenvalue weighted by Crippen LogP contribution is 2.25. The fourth-order valence-electron chi connectivity index (χ4n) is 3.80. The molecule has 0 aliphatic heterocycles. The molecule has 0 spiro atoms. The first-order valence-electron chi connectivity index (χ1n) is 9.73. The second-order valence-electron chi connectivity index (χ2n) is 7.46. The lowest BCUT2D eigenvalue weighted by Gasteiger charge is -2.25.